The molecule has 6 nitrogen and oxygen atoms in total. The second-order valence-electron chi connectivity index (χ2n) is 8.64. The lowest BCUT2D eigenvalue weighted by Crippen LogP contribution is -2.50. The highest BCUT2D eigenvalue weighted by Gasteiger charge is 2.33. The van der Waals surface area contributed by atoms with Crippen LogP contribution in [-0.2, 0) is 13.2 Å². The van der Waals surface area contributed by atoms with Gasteiger partial charge in [0.1, 0.15) is 17.3 Å². The molecule has 9 heteroatoms. The first-order valence-electron chi connectivity index (χ1n) is 10.7. The number of pyridine rings is 2. The number of hydrogen-bond donors (Lipinski definition) is 1. The number of hydrogen-bond acceptors (Lipinski definition) is 5. The Morgan fingerprint density at radius 2 is 1.85 bits per heavy atom. The van der Waals surface area contributed by atoms with Crippen LogP contribution in [0.1, 0.15) is 31.5 Å². The molecule has 33 heavy (non-hydrogen) atoms. The molecule has 0 spiro atoms. The molecule has 1 aliphatic heterocycles. The van der Waals surface area contributed by atoms with Crippen LogP contribution >= 0.6 is 0 Å². The molecule has 0 aliphatic carbocycles. The van der Waals surface area contributed by atoms with Gasteiger partial charge in [-0.3, -0.25) is 4.79 Å². The Kier molecular flexibility index (Phi) is 5.78. The minimum Gasteiger partial charge on any atom is -0.382 e. The molecule has 0 amide bonds. The highest BCUT2D eigenvalue weighted by Crippen LogP contribution is 2.34. The van der Waals surface area contributed by atoms with E-state index in [9.17, 15) is 23.2 Å². The zero-order valence-corrected chi connectivity index (χ0v) is 18.5. The molecule has 1 N–H and O–H groups in total. The Hall–Kier alpha value is -3.54. The van der Waals surface area contributed by atoms with Gasteiger partial charge in [0, 0.05) is 37.4 Å². The van der Waals surface area contributed by atoms with E-state index in [1.54, 1.807) is 25.2 Å². The summed E-state index contributed by atoms with van der Waals surface area (Å²) in [4.78, 5) is 19.2. The van der Waals surface area contributed by atoms with E-state index in [0.717, 1.165) is 18.6 Å². The lowest BCUT2D eigenvalue weighted by molar-refractivity contribution is -0.137. The van der Waals surface area contributed by atoms with Gasteiger partial charge >= 0.3 is 6.18 Å². The van der Waals surface area contributed by atoms with Gasteiger partial charge in [-0.25, -0.2) is 4.98 Å². The molecular weight excluding hydrogens is 431 g/mol. The first-order valence-corrected chi connectivity index (χ1v) is 10.7. The van der Waals surface area contributed by atoms with Crippen molar-refractivity contribution in [1.29, 1.82) is 5.26 Å². The van der Waals surface area contributed by atoms with Crippen molar-refractivity contribution in [2.24, 2.45) is 13.0 Å². The number of anilines is 2. The van der Waals surface area contributed by atoms with Crippen molar-refractivity contribution >= 4 is 22.4 Å². The SMILES string of the molecule is CC1CN(c2cc(=O)n(C)c3ccc(C#N)nc23)C(C)CC1Nc1ccc(C(F)(F)F)cc1. The topological polar surface area (TPSA) is 74.0 Å². The molecule has 1 aliphatic rings. The number of alkyl halides is 3. The first kappa shape index (κ1) is 22.6. The Morgan fingerprint density at radius 3 is 2.48 bits per heavy atom. The zero-order valence-electron chi connectivity index (χ0n) is 18.5. The highest BCUT2D eigenvalue weighted by atomic mass is 19.4. The van der Waals surface area contributed by atoms with Crippen LogP contribution in [0.5, 0.6) is 0 Å². The number of rotatable bonds is 3. The maximum atomic E-state index is 12.8. The fourth-order valence-corrected chi connectivity index (χ4v) is 4.44. The normalized spacial score (nSPS) is 21.1. The summed E-state index contributed by atoms with van der Waals surface area (Å²) in [6.45, 7) is 4.74. The van der Waals surface area contributed by atoms with Gasteiger partial charge in [-0.1, -0.05) is 6.92 Å². The summed E-state index contributed by atoms with van der Waals surface area (Å²) in [6.07, 6.45) is -3.64. The van der Waals surface area contributed by atoms with E-state index >= 15 is 0 Å². The van der Waals surface area contributed by atoms with E-state index in [4.69, 9.17) is 0 Å². The average Bonchev–Trinajstić information content (AvgIpc) is 2.78. The van der Waals surface area contributed by atoms with Crippen LogP contribution in [0.3, 0.4) is 0 Å². The number of fused-ring (bicyclic) bond motifs is 1. The molecule has 1 saturated heterocycles. The third-order valence-corrected chi connectivity index (χ3v) is 6.36. The molecule has 2 aromatic heterocycles. The van der Waals surface area contributed by atoms with Gasteiger partial charge in [-0.05, 0) is 55.7 Å². The number of benzene rings is 1. The second-order valence-corrected chi connectivity index (χ2v) is 8.64. The van der Waals surface area contributed by atoms with E-state index in [1.165, 1.54) is 16.7 Å². The third kappa shape index (κ3) is 4.38. The molecule has 3 heterocycles. The number of nitrogens with zero attached hydrogens (tertiary/aromatic N) is 4. The number of nitrogens with one attached hydrogen (secondary N) is 1. The summed E-state index contributed by atoms with van der Waals surface area (Å²) in [5.74, 6) is 0.141. The van der Waals surface area contributed by atoms with Gasteiger partial charge in [0.05, 0.1) is 16.8 Å². The first-order chi connectivity index (χ1) is 15.6. The van der Waals surface area contributed by atoms with Crippen molar-refractivity contribution in [3.05, 3.63) is 64.1 Å². The van der Waals surface area contributed by atoms with E-state index in [0.29, 0.717) is 29.0 Å². The summed E-state index contributed by atoms with van der Waals surface area (Å²) in [5.41, 5.74) is 2.03. The number of aromatic nitrogens is 2. The van der Waals surface area contributed by atoms with Crippen molar-refractivity contribution in [3.8, 4) is 6.07 Å². The maximum absolute atomic E-state index is 12.8. The Balaban J connectivity index is 1.60. The van der Waals surface area contributed by atoms with Gasteiger partial charge in [-0.15, -0.1) is 0 Å². The molecule has 0 bridgehead atoms. The van der Waals surface area contributed by atoms with Crippen LogP contribution in [0.25, 0.3) is 11.0 Å². The summed E-state index contributed by atoms with van der Waals surface area (Å²) in [5, 5.41) is 12.7. The number of halogens is 3. The van der Waals surface area contributed by atoms with Crippen LogP contribution in [0.4, 0.5) is 24.5 Å². The minimum atomic E-state index is -4.36. The number of aryl methyl sites for hydroxylation is 1. The molecule has 4 rings (SSSR count). The van der Waals surface area contributed by atoms with Gasteiger partial charge in [0.25, 0.3) is 5.56 Å². The molecule has 3 aromatic rings. The van der Waals surface area contributed by atoms with E-state index in [-0.39, 0.29) is 29.3 Å². The smallest absolute Gasteiger partial charge is 0.382 e. The Labute approximate surface area is 189 Å². The van der Waals surface area contributed by atoms with E-state index < -0.39 is 11.7 Å². The zero-order chi connectivity index (χ0) is 23.9. The fourth-order valence-electron chi connectivity index (χ4n) is 4.44. The molecule has 3 atom stereocenters. The maximum Gasteiger partial charge on any atom is 0.416 e. The van der Waals surface area contributed by atoms with Crippen molar-refractivity contribution < 1.29 is 13.2 Å². The van der Waals surface area contributed by atoms with Crippen molar-refractivity contribution in [2.45, 2.75) is 38.5 Å². The molecule has 3 unspecified atom stereocenters. The van der Waals surface area contributed by atoms with Crippen LogP contribution in [0, 0.1) is 17.2 Å². The molecule has 1 aromatic carbocycles. The van der Waals surface area contributed by atoms with Gasteiger partial charge in [-0.2, -0.15) is 18.4 Å². The lowest BCUT2D eigenvalue weighted by Gasteiger charge is -2.43. The number of nitriles is 1. The molecule has 0 radical (unpaired) electrons. The van der Waals surface area contributed by atoms with Gasteiger partial charge < -0.3 is 14.8 Å². The van der Waals surface area contributed by atoms with Gasteiger partial charge in [0.15, 0.2) is 0 Å². The second kappa shape index (κ2) is 8.43. The Morgan fingerprint density at radius 1 is 1.15 bits per heavy atom. The summed E-state index contributed by atoms with van der Waals surface area (Å²) >= 11 is 0. The molecule has 172 valence electrons. The third-order valence-electron chi connectivity index (χ3n) is 6.36. The standard InChI is InChI=1S/C24H24F3N5O/c1-14-13-32(21-11-22(33)31(3)20-9-8-18(12-28)30-23(20)21)15(2)10-19(14)29-17-6-4-16(5-7-17)24(25,26)27/h4-9,11,14-15,19,29H,10,13H2,1-3H3. The van der Waals surface area contributed by atoms with Gasteiger partial charge in [0.2, 0.25) is 0 Å². The monoisotopic (exact) mass is 455 g/mol. The fraction of sp³-hybridized carbons (Fsp3) is 0.375. The van der Waals surface area contributed by atoms with E-state index in [1.807, 2.05) is 6.92 Å². The summed E-state index contributed by atoms with van der Waals surface area (Å²) in [7, 11) is 1.68. The lowest BCUT2D eigenvalue weighted by atomic mass is 9.88. The quantitative estimate of drug-likeness (QED) is 0.628. The van der Waals surface area contributed by atoms with Crippen LogP contribution < -0.4 is 15.8 Å². The molecule has 1 fully saturated rings. The van der Waals surface area contributed by atoms with Crippen LogP contribution in [-0.4, -0.2) is 28.2 Å². The predicted octanol–water partition coefficient (Wildman–Crippen LogP) is 4.54. The number of piperidine rings is 1. The molecular formula is C24H24F3N5O. The summed E-state index contributed by atoms with van der Waals surface area (Å²) < 4.78 is 40.0. The van der Waals surface area contributed by atoms with Crippen molar-refractivity contribution in [2.75, 3.05) is 16.8 Å². The van der Waals surface area contributed by atoms with Crippen LogP contribution in [0.2, 0.25) is 0 Å². The highest BCUT2D eigenvalue weighted by molar-refractivity contribution is 5.89. The van der Waals surface area contributed by atoms with Crippen LogP contribution in [0.15, 0.2) is 47.3 Å². The molecule has 0 saturated carbocycles. The minimum absolute atomic E-state index is 0.0380. The van der Waals surface area contributed by atoms with E-state index in [2.05, 4.69) is 28.2 Å². The predicted molar refractivity (Wildman–Crippen MR) is 121 cm³/mol. The van der Waals surface area contributed by atoms with Crippen molar-refractivity contribution in [1.82, 2.24) is 9.55 Å². The summed E-state index contributed by atoms with van der Waals surface area (Å²) in [6, 6.07) is 12.1. The average molecular weight is 455 g/mol. The van der Waals surface area contributed by atoms with Crippen molar-refractivity contribution in [3.63, 3.8) is 0 Å². The Bertz CT molecular complexity index is 1280. The largest absolute Gasteiger partial charge is 0.416 e.